The Balaban J connectivity index is 1.97. The van der Waals surface area contributed by atoms with Crippen molar-refractivity contribution in [3.05, 3.63) is 40.6 Å². The van der Waals surface area contributed by atoms with Crippen LogP contribution in [0.1, 0.15) is 20.3 Å². The van der Waals surface area contributed by atoms with Crippen molar-refractivity contribution in [3.8, 4) is 0 Å². The van der Waals surface area contributed by atoms with Gasteiger partial charge in [0.15, 0.2) is 0 Å². The van der Waals surface area contributed by atoms with Crippen LogP contribution in [0, 0.1) is 21.4 Å². The highest BCUT2D eigenvalue weighted by Gasteiger charge is 2.45. The van der Waals surface area contributed by atoms with E-state index in [1.165, 1.54) is 6.20 Å². The molecule has 0 aliphatic heterocycles. The van der Waals surface area contributed by atoms with Gasteiger partial charge in [0.2, 0.25) is 0 Å². The molecule has 1 heterocycles. The molecule has 1 N–H and O–H groups in total. The van der Waals surface area contributed by atoms with Gasteiger partial charge in [0.1, 0.15) is 11.9 Å². The third-order valence-electron chi connectivity index (χ3n) is 4.19. The van der Waals surface area contributed by atoms with Crippen LogP contribution in [0.5, 0.6) is 0 Å². The fourth-order valence-electron chi connectivity index (χ4n) is 2.60. The number of nitrogens with one attached hydrogen (secondary N) is 1. The molecule has 1 fully saturated rings. The fourth-order valence-corrected chi connectivity index (χ4v) is 2.60. The van der Waals surface area contributed by atoms with Gasteiger partial charge in [-0.1, -0.05) is 32.0 Å². The second-order valence-corrected chi connectivity index (χ2v) is 6.06. The summed E-state index contributed by atoms with van der Waals surface area (Å²) in [6, 6.07) is 7.50. The van der Waals surface area contributed by atoms with Crippen LogP contribution in [-0.2, 0) is 0 Å². The van der Waals surface area contributed by atoms with Gasteiger partial charge in [0.25, 0.3) is 0 Å². The van der Waals surface area contributed by atoms with Crippen LogP contribution in [0.3, 0.4) is 0 Å². The van der Waals surface area contributed by atoms with Crippen LogP contribution in [0.2, 0.25) is 0 Å². The topological polar surface area (TPSA) is 68.1 Å². The van der Waals surface area contributed by atoms with Crippen molar-refractivity contribution in [2.45, 2.75) is 20.3 Å². The highest BCUT2D eigenvalue weighted by atomic mass is 16.6. The van der Waals surface area contributed by atoms with Crippen LogP contribution in [0.15, 0.2) is 30.5 Å². The number of nitrogens with zero attached hydrogens (tertiary/aromatic N) is 2. The van der Waals surface area contributed by atoms with E-state index in [1.54, 1.807) is 0 Å². The smallest absolute Gasteiger partial charge is 0.311 e. The molecule has 3 rings (SSSR count). The Labute approximate surface area is 117 Å². The highest BCUT2D eigenvalue weighted by molar-refractivity contribution is 5.95. The van der Waals surface area contributed by atoms with Gasteiger partial charge in [0.05, 0.1) is 10.4 Å². The van der Waals surface area contributed by atoms with Gasteiger partial charge in [-0.3, -0.25) is 10.1 Å². The minimum atomic E-state index is -0.375. The van der Waals surface area contributed by atoms with Crippen LogP contribution in [0.4, 0.5) is 11.4 Å². The lowest BCUT2D eigenvalue weighted by Gasteiger charge is -2.10. The number of hydrogen-bond donors (Lipinski definition) is 1. The molecule has 1 aromatic heterocycles. The number of hydrogen-bond acceptors (Lipinski definition) is 4. The van der Waals surface area contributed by atoms with Crippen LogP contribution in [-0.4, -0.2) is 16.5 Å². The van der Waals surface area contributed by atoms with Gasteiger partial charge in [-0.05, 0) is 23.8 Å². The predicted octanol–water partition coefficient (Wildman–Crippen LogP) is 3.60. The molecule has 2 aromatic rings. The van der Waals surface area contributed by atoms with Crippen molar-refractivity contribution in [2.75, 3.05) is 11.9 Å². The van der Waals surface area contributed by atoms with Crippen molar-refractivity contribution >= 4 is 22.3 Å². The molecule has 5 heteroatoms. The van der Waals surface area contributed by atoms with Gasteiger partial charge in [-0.15, -0.1) is 0 Å². The average molecular weight is 271 g/mol. The molecule has 1 aliphatic carbocycles. The van der Waals surface area contributed by atoms with Gasteiger partial charge < -0.3 is 5.32 Å². The lowest BCUT2D eigenvalue weighted by atomic mass is 10.1. The molecular formula is C15H17N3O2. The Bertz CT molecular complexity index is 682. The normalized spacial score (nSPS) is 19.8. The summed E-state index contributed by atoms with van der Waals surface area (Å²) >= 11 is 0. The van der Waals surface area contributed by atoms with Crippen molar-refractivity contribution in [1.82, 2.24) is 4.98 Å². The number of para-hydroxylation sites is 1. The van der Waals surface area contributed by atoms with E-state index < -0.39 is 0 Å². The molecular weight excluding hydrogens is 254 g/mol. The van der Waals surface area contributed by atoms with Crippen molar-refractivity contribution in [2.24, 2.45) is 11.3 Å². The SMILES string of the molecule is CC1(C)CC1CNc1c([N+](=O)[O-])cnc2ccccc12. The number of anilines is 1. The Hall–Kier alpha value is -2.17. The van der Waals surface area contributed by atoms with E-state index in [0.29, 0.717) is 17.0 Å². The van der Waals surface area contributed by atoms with E-state index in [0.717, 1.165) is 23.9 Å². The van der Waals surface area contributed by atoms with E-state index in [2.05, 4.69) is 24.1 Å². The molecule has 5 nitrogen and oxygen atoms in total. The highest BCUT2D eigenvalue weighted by Crippen LogP contribution is 2.51. The number of benzene rings is 1. The summed E-state index contributed by atoms with van der Waals surface area (Å²) in [5, 5.41) is 15.3. The number of aromatic nitrogens is 1. The van der Waals surface area contributed by atoms with Gasteiger partial charge in [-0.25, -0.2) is 4.98 Å². The maximum atomic E-state index is 11.2. The van der Waals surface area contributed by atoms with Gasteiger partial charge in [0, 0.05) is 11.9 Å². The number of rotatable bonds is 4. The zero-order valence-electron chi connectivity index (χ0n) is 11.6. The molecule has 20 heavy (non-hydrogen) atoms. The van der Waals surface area contributed by atoms with E-state index in [1.807, 2.05) is 24.3 Å². The standard InChI is InChI=1S/C15H17N3O2/c1-15(2)7-10(15)8-17-14-11-5-3-4-6-12(11)16-9-13(14)18(19)20/h3-6,9-10H,7-8H2,1-2H3,(H,16,17). The third-order valence-corrected chi connectivity index (χ3v) is 4.19. The Morgan fingerprint density at radius 3 is 2.80 bits per heavy atom. The fraction of sp³-hybridized carbons (Fsp3) is 0.400. The van der Waals surface area contributed by atoms with Crippen LogP contribution < -0.4 is 5.32 Å². The first-order chi connectivity index (χ1) is 9.49. The van der Waals surface area contributed by atoms with Gasteiger partial charge >= 0.3 is 5.69 Å². The van der Waals surface area contributed by atoms with Crippen molar-refractivity contribution < 1.29 is 4.92 Å². The van der Waals surface area contributed by atoms with E-state index in [-0.39, 0.29) is 10.6 Å². The molecule has 0 saturated heterocycles. The summed E-state index contributed by atoms with van der Waals surface area (Å²) in [5.74, 6) is 0.578. The number of fused-ring (bicyclic) bond motifs is 1. The van der Waals surface area contributed by atoms with Gasteiger partial charge in [-0.2, -0.15) is 0 Å². The summed E-state index contributed by atoms with van der Waals surface area (Å²) in [5.41, 5.74) is 1.76. The quantitative estimate of drug-likeness (QED) is 0.681. The summed E-state index contributed by atoms with van der Waals surface area (Å²) in [6.45, 7) is 5.21. The number of nitro groups is 1. The molecule has 1 aromatic carbocycles. The molecule has 1 atom stereocenters. The zero-order valence-corrected chi connectivity index (χ0v) is 11.6. The first-order valence-corrected chi connectivity index (χ1v) is 6.75. The summed E-state index contributed by atoms with van der Waals surface area (Å²) < 4.78 is 0. The minimum Gasteiger partial charge on any atom is -0.379 e. The summed E-state index contributed by atoms with van der Waals surface area (Å²) in [7, 11) is 0. The van der Waals surface area contributed by atoms with Crippen molar-refractivity contribution in [1.29, 1.82) is 0 Å². The molecule has 1 saturated carbocycles. The van der Waals surface area contributed by atoms with E-state index in [4.69, 9.17) is 0 Å². The third kappa shape index (κ3) is 2.19. The lowest BCUT2D eigenvalue weighted by molar-refractivity contribution is -0.384. The predicted molar refractivity (Wildman–Crippen MR) is 78.8 cm³/mol. The molecule has 1 aliphatic rings. The van der Waals surface area contributed by atoms with E-state index in [9.17, 15) is 10.1 Å². The number of pyridine rings is 1. The molecule has 0 bridgehead atoms. The average Bonchev–Trinajstić information content (AvgIpc) is 3.03. The second-order valence-electron chi connectivity index (χ2n) is 6.06. The molecule has 104 valence electrons. The monoisotopic (exact) mass is 271 g/mol. The van der Waals surface area contributed by atoms with Crippen LogP contribution >= 0.6 is 0 Å². The summed E-state index contributed by atoms with van der Waals surface area (Å²) in [6.07, 6.45) is 2.50. The maximum Gasteiger partial charge on any atom is 0.311 e. The molecule has 0 spiro atoms. The molecule has 0 amide bonds. The zero-order chi connectivity index (χ0) is 14.3. The largest absolute Gasteiger partial charge is 0.379 e. The molecule has 0 radical (unpaired) electrons. The summed E-state index contributed by atoms with van der Waals surface area (Å²) in [4.78, 5) is 15.0. The second kappa shape index (κ2) is 4.44. The maximum absolute atomic E-state index is 11.2. The minimum absolute atomic E-state index is 0.0437. The van der Waals surface area contributed by atoms with E-state index >= 15 is 0 Å². The first kappa shape index (κ1) is 12.8. The van der Waals surface area contributed by atoms with Crippen molar-refractivity contribution in [3.63, 3.8) is 0 Å². The molecule has 1 unspecified atom stereocenters. The Morgan fingerprint density at radius 2 is 2.15 bits per heavy atom. The first-order valence-electron chi connectivity index (χ1n) is 6.75. The Kier molecular flexibility index (Phi) is 2.85. The Morgan fingerprint density at radius 1 is 1.45 bits per heavy atom. The lowest BCUT2D eigenvalue weighted by Crippen LogP contribution is -2.09. The van der Waals surface area contributed by atoms with Crippen LogP contribution in [0.25, 0.3) is 10.9 Å².